The predicted octanol–water partition coefficient (Wildman–Crippen LogP) is 3.49. The Kier molecular flexibility index (Phi) is 5.04. The number of rotatable bonds is 5. The van der Waals surface area contributed by atoms with Crippen molar-refractivity contribution in [2.24, 2.45) is 11.8 Å². The van der Waals surface area contributed by atoms with Crippen molar-refractivity contribution < 1.29 is 9.59 Å². The van der Waals surface area contributed by atoms with Crippen molar-refractivity contribution in [2.75, 3.05) is 16.8 Å². The molecular formula is C21H21N3O2. The van der Waals surface area contributed by atoms with Crippen molar-refractivity contribution in [3.05, 3.63) is 59.7 Å². The number of benzene rings is 2. The first-order valence-corrected chi connectivity index (χ1v) is 8.73. The molecule has 1 saturated carbocycles. The number of nitrogens with one attached hydrogen (secondary N) is 1. The molecule has 2 unspecified atom stereocenters. The topological polar surface area (TPSA) is 73.2 Å². The van der Waals surface area contributed by atoms with Crippen molar-refractivity contribution in [2.45, 2.75) is 20.3 Å². The number of aryl methyl sites for hydroxylation is 1. The van der Waals surface area contributed by atoms with Gasteiger partial charge < -0.3 is 10.2 Å². The summed E-state index contributed by atoms with van der Waals surface area (Å²) < 4.78 is 0. The van der Waals surface area contributed by atoms with E-state index in [0.717, 1.165) is 11.3 Å². The molecule has 5 heteroatoms. The Morgan fingerprint density at radius 3 is 2.65 bits per heavy atom. The summed E-state index contributed by atoms with van der Waals surface area (Å²) in [6, 6.07) is 16.7. The van der Waals surface area contributed by atoms with E-state index in [1.807, 2.05) is 38.1 Å². The molecule has 2 aromatic rings. The van der Waals surface area contributed by atoms with E-state index in [0.29, 0.717) is 24.2 Å². The van der Waals surface area contributed by atoms with Crippen molar-refractivity contribution in [1.29, 1.82) is 5.26 Å². The number of hydrogen-bond acceptors (Lipinski definition) is 3. The normalized spacial score (nSPS) is 17.9. The van der Waals surface area contributed by atoms with Gasteiger partial charge in [0.1, 0.15) is 6.07 Å². The van der Waals surface area contributed by atoms with Crippen LogP contribution >= 0.6 is 0 Å². The molecule has 2 amide bonds. The fourth-order valence-corrected chi connectivity index (χ4v) is 3.13. The van der Waals surface area contributed by atoms with Crippen LogP contribution < -0.4 is 10.2 Å². The molecule has 1 aliphatic rings. The first kappa shape index (κ1) is 17.7. The molecule has 0 radical (unpaired) electrons. The van der Waals surface area contributed by atoms with Gasteiger partial charge in [-0.15, -0.1) is 0 Å². The first-order valence-electron chi connectivity index (χ1n) is 8.73. The van der Waals surface area contributed by atoms with Gasteiger partial charge in [-0.25, -0.2) is 0 Å². The molecule has 2 atom stereocenters. The summed E-state index contributed by atoms with van der Waals surface area (Å²) in [7, 11) is 0. The third kappa shape index (κ3) is 3.60. The zero-order valence-electron chi connectivity index (χ0n) is 14.9. The van der Waals surface area contributed by atoms with Gasteiger partial charge >= 0.3 is 0 Å². The minimum absolute atomic E-state index is 0.0215. The molecule has 1 aliphatic carbocycles. The van der Waals surface area contributed by atoms with Crippen LogP contribution in [0.5, 0.6) is 0 Å². The standard InChI is InChI=1S/C21H21N3O2/c1-3-24(16-9-6-7-14(2)11-16)21(26)18-12-17(18)20(25)23-19-10-5-4-8-15(19)13-22/h4-11,17-18H,3,12H2,1-2H3,(H,23,25). The van der Waals surface area contributed by atoms with Crippen molar-refractivity contribution in [1.82, 2.24) is 0 Å². The average Bonchev–Trinajstić information content (AvgIpc) is 3.44. The molecule has 0 spiro atoms. The van der Waals surface area contributed by atoms with Gasteiger partial charge in [0, 0.05) is 12.2 Å². The minimum Gasteiger partial charge on any atom is -0.325 e. The van der Waals surface area contributed by atoms with Gasteiger partial charge in [0.25, 0.3) is 0 Å². The van der Waals surface area contributed by atoms with E-state index in [1.165, 1.54) is 0 Å². The molecular weight excluding hydrogens is 326 g/mol. The summed E-state index contributed by atoms with van der Waals surface area (Å²) in [6.07, 6.45) is 0.543. The highest BCUT2D eigenvalue weighted by Gasteiger charge is 2.49. The molecule has 1 fully saturated rings. The number of nitriles is 1. The molecule has 0 aromatic heterocycles. The van der Waals surface area contributed by atoms with E-state index in [2.05, 4.69) is 11.4 Å². The zero-order chi connectivity index (χ0) is 18.7. The van der Waals surface area contributed by atoms with Gasteiger partial charge in [0.2, 0.25) is 11.8 Å². The second-order valence-corrected chi connectivity index (χ2v) is 6.52. The largest absolute Gasteiger partial charge is 0.325 e. The third-order valence-corrected chi connectivity index (χ3v) is 4.65. The summed E-state index contributed by atoms with van der Waals surface area (Å²) in [5.74, 6) is -0.865. The smallest absolute Gasteiger partial charge is 0.230 e. The third-order valence-electron chi connectivity index (χ3n) is 4.65. The molecule has 0 heterocycles. The van der Waals surface area contributed by atoms with E-state index < -0.39 is 0 Å². The van der Waals surface area contributed by atoms with Gasteiger partial charge in [-0.2, -0.15) is 5.26 Å². The summed E-state index contributed by atoms with van der Waals surface area (Å²) in [6.45, 7) is 4.48. The summed E-state index contributed by atoms with van der Waals surface area (Å²) in [4.78, 5) is 27.0. The molecule has 26 heavy (non-hydrogen) atoms. The Balaban J connectivity index is 1.68. The van der Waals surface area contributed by atoms with E-state index in [4.69, 9.17) is 5.26 Å². The number of hydrogen-bond donors (Lipinski definition) is 1. The van der Waals surface area contributed by atoms with E-state index in [-0.39, 0.29) is 23.7 Å². The Morgan fingerprint density at radius 2 is 1.96 bits per heavy atom. The van der Waals surface area contributed by atoms with Crippen LogP contribution in [-0.4, -0.2) is 18.4 Å². The second-order valence-electron chi connectivity index (χ2n) is 6.52. The number of carbonyl (C=O) groups excluding carboxylic acids is 2. The van der Waals surface area contributed by atoms with Crippen LogP contribution in [0.1, 0.15) is 24.5 Å². The van der Waals surface area contributed by atoms with Crippen LogP contribution in [0.3, 0.4) is 0 Å². The number of amides is 2. The molecule has 5 nitrogen and oxygen atoms in total. The maximum absolute atomic E-state index is 12.8. The highest BCUT2D eigenvalue weighted by Crippen LogP contribution is 2.41. The van der Waals surface area contributed by atoms with Gasteiger partial charge in [-0.1, -0.05) is 24.3 Å². The van der Waals surface area contributed by atoms with Crippen LogP contribution in [0.2, 0.25) is 0 Å². The molecule has 0 saturated heterocycles. The van der Waals surface area contributed by atoms with Crippen LogP contribution in [0.4, 0.5) is 11.4 Å². The van der Waals surface area contributed by atoms with Crippen molar-refractivity contribution >= 4 is 23.2 Å². The van der Waals surface area contributed by atoms with Crippen LogP contribution in [0.15, 0.2) is 48.5 Å². The van der Waals surface area contributed by atoms with Crippen molar-refractivity contribution in [3.8, 4) is 6.07 Å². The Bertz CT molecular complexity index is 885. The van der Waals surface area contributed by atoms with Crippen molar-refractivity contribution in [3.63, 3.8) is 0 Å². The molecule has 132 valence electrons. The summed E-state index contributed by atoms with van der Waals surface area (Å²) in [5.41, 5.74) is 2.86. The highest BCUT2D eigenvalue weighted by molar-refractivity contribution is 6.04. The molecule has 0 aliphatic heterocycles. The predicted molar refractivity (Wildman–Crippen MR) is 101 cm³/mol. The summed E-state index contributed by atoms with van der Waals surface area (Å²) >= 11 is 0. The lowest BCUT2D eigenvalue weighted by atomic mass is 10.1. The molecule has 2 aromatic carbocycles. The Labute approximate surface area is 153 Å². The maximum Gasteiger partial charge on any atom is 0.230 e. The van der Waals surface area contributed by atoms with E-state index in [1.54, 1.807) is 29.2 Å². The SMILES string of the molecule is CCN(C(=O)C1CC1C(=O)Nc1ccccc1C#N)c1cccc(C)c1. The second kappa shape index (κ2) is 7.40. The van der Waals surface area contributed by atoms with E-state index >= 15 is 0 Å². The lowest BCUT2D eigenvalue weighted by molar-refractivity contribution is -0.123. The van der Waals surface area contributed by atoms with Crippen LogP contribution in [0.25, 0.3) is 0 Å². The van der Waals surface area contributed by atoms with Gasteiger partial charge in [-0.05, 0) is 50.1 Å². The number of anilines is 2. The Hall–Kier alpha value is -3.13. The zero-order valence-corrected chi connectivity index (χ0v) is 14.9. The minimum atomic E-state index is -0.340. The molecule has 1 N–H and O–H groups in total. The summed E-state index contributed by atoms with van der Waals surface area (Å²) in [5, 5.41) is 11.9. The fraction of sp³-hybridized carbons (Fsp3) is 0.286. The molecule has 0 bridgehead atoms. The Morgan fingerprint density at radius 1 is 1.19 bits per heavy atom. The fourth-order valence-electron chi connectivity index (χ4n) is 3.13. The number of nitrogens with zero attached hydrogens (tertiary/aromatic N) is 2. The highest BCUT2D eigenvalue weighted by atomic mass is 16.2. The van der Waals surface area contributed by atoms with Crippen LogP contribution in [0, 0.1) is 30.1 Å². The molecule has 3 rings (SSSR count). The van der Waals surface area contributed by atoms with Crippen LogP contribution in [-0.2, 0) is 9.59 Å². The lowest BCUT2D eigenvalue weighted by Crippen LogP contribution is -2.33. The quantitative estimate of drug-likeness (QED) is 0.900. The van der Waals surface area contributed by atoms with Gasteiger partial charge in [-0.3, -0.25) is 9.59 Å². The lowest BCUT2D eigenvalue weighted by Gasteiger charge is -2.21. The first-order chi connectivity index (χ1) is 12.5. The average molecular weight is 347 g/mol. The number of para-hydroxylation sites is 1. The van der Waals surface area contributed by atoms with Gasteiger partial charge in [0.15, 0.2) is 0 Å². The van der Waals surface area contributed by atoms with E-state index in [9.17, 15) is 9.59 Å². The van der Waals surface area contributed by atoms with Gasteiger partial charge in [0.05, 0.1) is 23.1 Å². The maximum atomic E-state index is 12.8. The number of carbonyl (C=O) groups is 2. The monoisotopic (exact) mass is 347 g/mol.